The van der Waals surface area contributed by atoms with E-state index >= 15 is 0 Å². The number of fused-ring (bicyclic) bond motifs is 2. The minimum absolute atomic E-state index is 0.0331. The smallest absolute Gasteiger partial charge is 0.419 e. The minimum Gasteiger partial charge on any atom is -0.461 e. The predicted molar refractivity (Wildman–Crippen MR) is 112 cm³/mol. The number of nitrogens with zero attached hydrogens (tertiary/aromatic N) is 1. The summed E-state index contributed by atoms with van der Waals surface area (Å²) in [6.07, 6.45) is -0.0331. The molecule has 8 heteroatoms. The highest BCUT2D eigenvalue weighted by Crippen LogP contribution is 2.22. The molecule has 0 aliphatic heterocycles. The molecule has 0 bridgehead atoms. The maximum atomic E-state index is 12.3. The predicted octanol–water partition coefficient (Wildman–Crippen LogP) is 4.10. The zero-order chi connectivity index (χ0) is 21.4. The summed E-state index contributed by atoms with van der Waals surface area (Å²) in [6.45, 7) is 3.91. The van der Waals surface area contributed by atoms with Crippen molar-refractivity contribution in [2.24, 2.45) is 0 Å². The van der Waals surface area contributed by atoms with Crippen molar-refractivity contribution in [3.63, 3.8) is 0 Å². The average Bonchev–Trinajstić information content (AvgIpc) is 2.99. The molecule has 2 aromatic heterocycles. The second kappa shape index (κ2) is 7.84. The van der Waals surface area contributed by atoms with Gasteiger partial charge in [0.05, 0.1) is 11.9 Å². The van der Waals surface area contributed by atoms with Crippen LogP contribution in [0.25, 0.3) is 22.1 Å². The van der Waals surface area contributed by atoms with Gasteiger partial charge in [-0.25, -0.2) is 9.59 Å². The molecule has 0 spiro atoms. The average molecular weight is 428 g/mol. The third kappa shape index (κ3) is 3.89. The lowest BCUT2D eigenvalue weighted by molar-refractivity contribution is -0.145. The summed E-state index contributed by atoms with van der Waals surface area (Å²) in [6, 6.07) is 9.86. The number of rotatable bonds is 5. The number of ether oxygens (including phenoxy) is 1. The summed E-state index contributed by atoms with van der Waals surface area (Å²) >= 11 is 5.90. The van der Waals surface area contributed by atoms with E-state index in [0.717, 1.165) is 16.5 Å². The molecule has 2 aromatic carbocycles. The topological polar surface area (TPSA) is 91.6 Å². The Bertz CT molecular complexity index is 1390. The molecule has 0 unspecified atom stereocenters. The maximum Gasteiger partial charge on any atom is 0.419 e. The molecular weight excluding hydrogens is 410 g/mol. The minimum atomic E-state index is -0.572. The summed E-state index contributed by atoms with van der Waals surface area (Å²) < 4.78 is 17.1. The second-order valence-corrected chi connectivity index (χ2v) is 7.50. The zero-order valence-electron chi connectivity index (χ0n) is 16.4. The van der Waals surface area contributed by atoms with Crippen molar-refractivity contribution < 1.29 is 18.4 Å². The monoisotopic (exact) mass is 427 g/mol. The van der Waals surface area contributed by atoms with Crippen molar-refractivity contribution >= 4 is 39.6 Å². The lowest BCUT2D eigenvalue weighted by atomic mass is 10.0. The van der Waals surface area contributed by atoms with Gasteiger partial charge in [0, 0.05) is 34.6 Å². The van der Waals surface area contributed by atoms with Crippen molar-refractivity contribution in [3.05, 3.63) is 79.1 Å². The van der Waals surface area contributed by atoms with Gasteiger partial charge in [-0.05, 0) is 49.2 Å². The fourth-order valence-corrected chi connectivity index (χ4v) is 3.45. The van der Waals surface area contributed by atoms with Gasteiger partial charge in [0.25, 0.3) is 0 Å². The van der Waals surface area contributed by atoms with Crippen LogP contribution in [0.1, 0.15) is 23.1 Å². The van der Waals surface area contributed by atoms with Crippen molar-refractivity contribution in [3.8, 4) is 0 Å². The van der Waals surface area contributed by atoms with Crippen LogP contribution in [0.4, 0.5) is 0 Å². The molecule has 0 fully saturated rings. The van der Waals surface area contributed by atoms with E-state index in [0.29, 0.717) is 27.3 Å². The normalized spacial score (nSPS) is 11.3. The molecule has 4 aromatic rings. The van der Waals surface area contributed by atoms with E-state index in [-0.39, 0.29) is 19.6 Å². The maximum absolute atomic E-state index is 12.3. The molecule has 154 valence electrons. The lowest BCUT2D eigenvalue weighted by Crippen LogP contribution is -2.17. The van der Waals surface area contributed by atoms with E-state index in [1.54, 1.807) is 24.3 Å². The number of oxazole rings is 1. The molecule has 0 radical (unpaired) electrons. The molecule has 4 rings (SSSR count). The van der Waals surface area contributed by atoms with E-state index in [1.807, 2.05) is 19.9 Å². The van der Waals surface area contributed by atoms with Gasteiger partial charge in [-0.15, -0.1) is 0 Å². The molecular formula is C22H18ClNO6. The first-order valence-electron chi connectivity index (χ1n) is 9.30. The van der Waals surface area contributed by atoms with Crippen LogP contribution in [-0.2, 0) is 22.7 Å². The number of carbonyl (C=O) groups excluding carboxylic acids is 1. The number of esters is 1. The highest BCUT2D eigenvalue weighted by Gasteiger charge is 2.14. The van der Waals surface area contributed by atoms with Crippen molar-refractivity contribution in [2.45, 2.75) is 33.4 Å². The first-order chi connectivity index (χ1) is 14.3. The SMILES string of the molecule is Cc1cc2oc(=O)cc(COC(=O)CCn3c(=O)oc4cc(Cl)ccc43)c2cc1C. The Balaban J connectivity index is 1.49. The molecule has 7 nitrogen and oxygen atoms in total. The summed E-state index contributed by atoms with van der Waals surface area (Å²) in [5, 5.41) is 1.17. The highest BCUT2D eigenvalue weighted by atomic mass is 35.5. The Morgan fingerprint density at radius 2 is 1.80 bits per heavy atom. The van der Waals surface area contributed by atoms with Gasteiger partial charge in [0.2, 0.25) is 0 Å². The number of halogens is 1. The fraction of sp³-hybridized carbons (Fsp3) is 0.227. The van der Waals surface area contributed by atoms with Gasteiger partial charge in [-0.1, -0.05) is 11.6 Å². The standard InChI is InChI=1S/C22H18ClNO6/c1-12-7-16-14(9-21(26)29-18(16)8-13(12)2)11-28-20(25)5-6-24-17-4-3-15(23)10-19(17)30-22(24)27/h3-4,7-10H,5-6,11H2,1-2H3. The van der Waals surface area contributed by atoms with Gasteiger partial charge in [0.1, 0.15) is 12.2 Å². The van der Waals surface area contributed by atoms with E-state index in [9.17, 15) is 14.4 Å². The van der Waals surface area contributed by atoms with Crippen LogP contribution >= 0.6 is 11.6 Å². The number of carbonyl (C=O) groups is 1. The van der Waals surface area contributed by atoms with Gasteiger partial charge in [-0.3, -0.25) is 9.36 Å². The Labute approximate surface area is 175 Å². The van der Waals surface area contributed by atoms with E-state index < -0.39 is 17.4 Å². The largest absolute Gasteiger partial charge is 0.461 e. The second-order valence-electron chi connectivity index (χ2n) is 7.07. The van der Waals surface area contributed by atoms with Crippen molar-refractivity contribution in [2.75, 3.05) is 0 Å². The number of hydrogen-bond acceptors (Lipinski definition) is 6. The van der Waals surface area contributed by atoms with Crippen LogP contribution in [0.5, 0.6) is 0 Å². The van der Waals surface area contributed by atoms with Crippen LogP contribution in [0.3, 0.4) is 0 Å². The molecule has 0 aliphatic rings. The molecule has 0 atom stereocenters. The van der Waals surface area contributed by atoms with Crippen LogP contribution in [-0.4, -0.2) is 10.5 Å². The highest BCUT2D eigenvalue weighted by molar-refractivity contribution is 6.31. The summed E-state index contributed by atoms with van der Waals surface area (Å²) in [5.74, 6) is -1.08. The van der Waals surface area contributed by atoms with E-state index in [2.05, 4.69) is 0 Å². The molecule has 0 amide bonds. The number of benzene rings is 2. The van der Waals surface area contributed by atoms with Crippen LogP contribution in [0.15, 0.2) is 54.8 Å². The fourth-order valence-electron chi connectivity index (χ4n) is 3.29. The zero-order valence-corrected chi connectivity index (χ0v) is 17.1. The van der Waals surface area contributed by atoms with Crippen molar-refractivity contribution in [1.82, 2.24) is 4.57 Å². The Morgan fingerprint density at radius 3 is 2.60 bits per heavy atom. The van der Waals surface area contributed by atoms with Crippen LogP contribution in [0.2, 0.25) is 5.02 Å². The lowest BCUT2D eigenvalue weighted by Gasteiger charge is -2.09. The van der Waals surface area contributed by atoms with E-state index in [4.69, 9.17) is 25.2 Å². The third-order valence-electron chi connectivity index (χ3n) is 5.00. The van der Waals surface area contributed by atoms with Gasteiger partial charge >= 0.3 is 17.4 Å². The van der Waals surface area contributed by atoms with Crippen LogP contribution < -0.4 is 11.4 Å². The van der Waals surface area contributed by atoms with Crippen molar-refractivity contribution in [1.29, 1.82) is 0 Å². The van der Waals surface area contributed by atoms with E-state index in [1.165, 1.54) is 10.6 Å². The Hall–Kier alpha value is -3.32. The summed E-state index contributed by atoms with van der Waals surface area (Å²) in [7, 11) is 0. The first kappa shape index (κ1) is 20.0. The quantitative estimate of drug-likeness (QED) is 0.351. The first-order valence-corrected chi connectivity index (χ1v) is 9.68. The summed E-state index contributed by atoms with van der Waals surface area (Å²) in [5.41, 5.74) is 3.45. The van der Waals surface area contributed by atoms with Gasteiger partial charge in [-0.2, -0.15) is 0 Å². The number of hydrogen-bond donors (Lipinski definition) is 0. The van der Waals surface area contributed by atoms with Gasteiger partial charge in [0.15, 0.2) is 5.58 Å². The molecule has 0 aliphatic carbocycles. The number of aromatic nitrogens is 1. The molecule has 2 heterocycles. The van der Waals surface area contributed by atoms with Crippen LogP contribution in [0, 0.1) is 13.8 Å². The summed E-state index contributed by atoms with van der Waals surface area (Å²) in [4.78, 5) is 36.2. The molecule has 30 heavy (non-hydrogen) atoms. The molecule has 0 saturated carbocycles. The Kier molecular flexibility index (Phi) is 5.22. The molecule has 0 N–H and O–H groups in total. The Morgan fingerprint density at radius 1 is 1.03 bits per heavy atom. The third-order valence-corrected chi connectivity index (χ3v) is 5.24. The molecule has 0 saturated heterocycles. The van der Waals surface area contributed by atoms with Gasteiger partial charge < -0.3 is 13.6 Å². The number of aryl methyl sites for hydroxylation is 3.